The Kier molecular flexibility index (Phi) is 4.36. The van der Waals surface area contributed by atoms with Gasteiger partial charge in [0.15, 0.2) is 0 Å². The van der Waals surface area contributed by atoms with Gasteiger partial charge >= 0.3 is 0 Å². The van der Waals surface area contributed by atoms with Gasteiger partial charge in [-0.25, -0.2) is 9.97 Å². The maximum absolute atomic E-state index is 5.90. The van der Waals surface area contributed by atoms with E-state index in [4.69, 9.17) is 11.6 Å². The van der Waals surface area contributed by atoms with E-state index in [1.54, 1.807) is 6.07 Å². The van der Waals surface area contributed by atoms with Gasteiger partial charge in [-0.15, -0.1) is 0 Å². The average Bonchev–Trinajstić information content (AvgIpc) is 2.82. The van der Waals surface area contributed by atoms with Crippen molar-refractivity contribution >= 4 is 17.4 Å². The Labute approximate surface area is 130 Å². The summed E-state index contributed by atoms with van der Waals surface area (Å²) in [6, 6.07) is 13.2. The number of hydrogen-bond acceptors (Lipinski definition) is 4. The van der Waals surface area contributed by atoms with Crippen LogP contribution in [0, 0.1) is 0 Å². The van der Waals surface area contributed by atoms with Crippen LogP contribution in [0.25, 0.3) is 0 Å². The molecule has 3 rings (SSSR count). The first-order valence-corrected chi connectivity index (χ1v) is 7.62. The standard InChI is InChI=1S/C16H19ClN4/c1-12-14(20-16-9-15(17)18-11-19-16)7-8-21(12)10-13-5-3-2-4-6-13/h2-6,9,11-12,14H,7-8,10H2,1H3,(H,18,19,20). The Balaban J connectivity index is 1.62. The molecule has 0 radical (unpaired) electrons. The highest BCUT2D eigenvalue weighted by Crippen LogP contribution is 2.23. The molecule has 4 nitrogen and oxygen atoms in total. The third-order valence-corrected chi connectivity index (χ3v) is 4.29. The van der Waals surface area contributed by atoms with E-state index < -0.39 is 0 Å². The summed E-state index contributed by atoms with van der Waals surface area (Å²) in [7, 11) is 0. The number of hydrogen-bond donors (Lipinski definition) is 1. The summed E-state index contributed by atoms with van der Waals surface area (Å²) in [4.78, 5) is 10.6. The fourth-order valence-corrected chi connectivity index (χ4v) is 2.99. The van der Waals surface area contributed by atoms with Crippen LogP contribution in [0.3, 0.4) is 0 Å². The van der Waals surface area contributed by atoms with Crippen LogP contribution in [0.4, 0.5) is 5.82 Å². The zero-order valence-corrected chi connectivity index (χ0v) is 12.8. The van der Waals surface area contributed by atoms with E-state index >= 15 is 0 Å². The minimum Gasteiger partial charge on any atom is -0.366 e. The van der Waals surface area contributed by atoms with Gasteiger partial charge in [-0.05, 0) is 18.9 Å². The molecule has 1 fully saturated rings. The molecular formula is C16H19ClN4. The second-order valence-electron chi connectivity index (χ2n) is 5.46. The normalized spacial score (nSPS) is 22.4. The molecule has 2 heterocycles. The monoisotopic (exact) mass is 302 g/mol. The maximum atomic E-state index is 5.90. The van der Waals surface area contributed by atoms with Crippen molar-refractivity contribution in [2.24, 2.45) is 0 Å². The van der Waals surface area contributed by atoms with Gasteiger partial charge in [0.05, 0.1) is 0 Å². The van der Waals surface area contributed by atoms with Crippen molar-refractivity contribution < 1.29 is 0 Å². The summed E-state index contributed by atoms with van der Waals surface area (Å²) >= 11 is 5.90. The minimum absolute atomic E-state index is 0.389. The van der Waals surface area contributed by atoms with Crippen LogP contribution in [0.2, 0.25) is 5.15 Å². The largest absolute Gasteiger partial charge is 0.366 e. The number of halogens is 1. The Bertz CT molecular complexity index is 590. The van der Waals surface area contributed by atoms with Gasteiger partial charge in [0, 0.05) is 31.2 Å². The van der Waals surface area contributed by atoms with Crippen molar-refractivity contribution in [3.05, 3.63) is 53.4 Å². The van der Waals surface area contributed by atoms with Gasteiger partial charge in [-0.2, -0.15) is 0 Å². The first kappa shape index (κ1) is 14.3. The van der Waals surface area contributed by atoms with Crippen molar-refractivity contribution in [2.75, 3.05) is 11.9 Å². The number of nitrogens with zero attached hydrogens (tertiary/aromatic N) is 3. The quantitative estimate of drug-likeness (QED) is 0.881. The van der Waals surface area contributed by atoms with E-state index in [1.807, 2.05) is 0 Å². The van der Waals surface area contributed by atoms with E-state index in [-0.39, 0.29) is 0 Å². The predicted octanol–water partition coefficient (Wildman–Crippen LogP) is 3.20. The van der Waals surface area contributed by atoms with E-state index in [9.17, 15) is 0 Å². The lowest BCUT2D eigenvalue weighted by molar-refractivity contribution is 0.255. The number of anilines is 1. The molecule has 0 saturated carbocycles. The minimum atomic E-state index is 0.389. The molecule has 1 aromatic carbocycles. The molecule has 21 heavy (non-hydrogen) atoms. The smallest absolute Gasteiger partial charge is 0.134 e. The molecule has 110 valence electrons. The SMILES string of the molecule is CC1C(Nc2cc(Cl)ncn2)CCN1Cc1ccccc1. The molecular weight excluding hydrogens is 284 g/mol. The van der Waals surface area contributed by atoms with Crippen molar-refractivity contribution in [1.29, 1.82) is 0 Å². The molecule has 0 aliphatic carbocycles. The van der Waals surface area contributed by atoms with Crippen LogP contribution in [0.5, 0.6) is 0 Å². The summed E-state index contributed by atoms with van der Waals surface area (Å²) in [5.74, 6) is 0.799. The summed E-state index contributed by atoms with van der Waals surface area (Å²) in [5, 5.41) is 3.94. The Hall–Kier alpha value is -1.65. The Morgan fingerprint density at radius 2 is 2.10 bits per heavy atom. The fraction of sp³-hybridized carbons (Fsp3) is 0.375. The van der Waals surface area contributed by atoms with Crippen LogP contribution in [0.15, 0.2) is 42.7 Å². The third-order valence-electron chi connectivity index (χ3n) is 4.08. The molecule has 1 aromatic heterocycles. The highest BCUT2D eigenvalue weighted by atomic mass is 35.5. The van der Waals surface area contributed by atoms with Crippen LogP contribution in [-0.2, 0) is 6.54 Å². The highest BCUT2D eigenvalue weighted by molar-refractivity contribution is 6.29. The van der Waals surface area contributed by atoms with Crippen LogP contribution < -0.4 is 5.32 Å². The summed E-state index contributed by atoms with van der Waals surface area (Å²) in [5.41, 5.74) is 1.36. The van der Waals surface area contributed by atoms with E-state index in [0.29, 0.717) is 17.2 Å². The van der Waals surface area contributed by atoms with Crippen LogP contribution in [0.1, 0.15) is 18.9 Å². The molecule has 1 N–H and O–H groups in total. The van der Waals surface area contributed by atoms with Crippen LogP contribution in [-0.4, -0.2) is 33.5 Å². The predicted molar refractivity (Wildman–Crippen MR) is 85.4 cm³/mol. The van der Waals surface area contributed by atoms with Gasteiger partial charge in [0.1, 0.15) is 17.3 Å². The van der Waals surface area contributed by atoms with Crippen LogP contribution >= 0.6 is 11.6 Å². The second-order valence-corrected chi connectivity index (χ2v) is 5.85. The van der Waals surface area contributed by atoms with Gasteiger partial charge in [0.2, 0.25) is 0 Å². The molecule has 1 saturated heterocycles. The zero-order valence-electron chi connectivity index (χ0n) is 12.0. The van der Waals surface area contributed by atoms with E-state index in [0.717, 1.165) is 25.3 Å². The molecule has 2 unspecified atom stereocenters. The molecule has 2 atom stereocenters. The second kappa shape index (κ2) is 6.41. The van der Waals surface area contributed by atoms with E-state index in [2.05, 4.69) is 57.4 Å². The average molecular weight is 303 g/mol. The number of aromatic nitrogens is 2. The van der Waals surface area contributed by atoms with Crippen molar-refractivity contribution in [3.63, 3.8) is 0 Å². The molecule has 0 bridgehead atoms. The highest BCUT2D eigenvalue weighted by Gasteiger charge is 2.30. The molecule has 1 aliphatic rings. The number of nitrogens with one attached hydrogen (secondary N) is 1. The third kappa shape index (κ3) is 3.52. The lowest BCUT2D eigenvalue weighted by atomic mass is 10.1. The molecule has 0 spiro atoms. The summed E-state index contributed by atoms with van der Waals surface area (Å²) in [6.07, 6.45) is 2.60. The summed E-state index contributed by atoms with van der Waals surface area (Å²) in [6.45, 7) is 4.34. The van der Waals surface area contributed by atoms with Gasteiger partial charge in [-0.3, -0.25) is 4.90 Å². The topological polar surface area (TPSA) is 41.1 Å². The first-order valence-electron chi connectivity index (χ1n) is 7.24. The molecule has 2 aromatic rings. The van der Waals surface area contributed by atoms with Gasteiger partial charge < -0.3 is 5.32 Å². The lowest BCUT2D eigenvalue weighted by Crippen LogP contribution is -2.35. The van der Waals surface area contributed by atoms with E-state index in [1.165, 1.54) is 11.9 Å². The van der Waals surface area contributed by atoms with Crippen molar-refractivity contribution in [1.82, 2.24) is 14.9 Å². The zero-order chi connectivity index (χ0) is 14.7. The maximum Gasteiger partial charge on any atom is 0.134 e. The number of benzene rings is 1. The fourth-order valence-electron chi connectivity index (χ4n) is 2.84. The van der Waals surface area contributed by atoms with Crippen molar-refractivity contribution in [2.45, 2.75) is 32.0 Å². The molecule has 1 aliphatic heterocycles. The van der Waals surface area contributed by atoms with Crippen molar-refractivity contribution in [3.8, 4) is 0 Å². The number of rotatable bonds is 4. The Morgan fingerprint density at radius 3 is 2.86 bits per heavy atom. The number of likely N-dealkylation sites (tertiary alicyclic amines) is 1. The first-order chi connectivity index (χ1) is 10.2. The van der Waals surface area contributed by atoms with Gasteiger partial charge in [0.25, 0.3) is 0 Å². The Morgan fingerprint density at radius 1 is 1.29 bits per heavy atom. The molecule has 0 amide bonds. The summed E-state index contributed by atoms with van der Waals surface area (Å²) < 4.78 is 0. The van der Waals surface area contributed by atoms with Gasteiger partial charge in [-0.1, -0.05) is 41.9 Å². The lowest BCUT2D eigenvalue weighted by Gasteiger charge is -2.25. The molecule has 5 heteroatoms.